The molecule has 2 atom stereocenters. The van der Waals surface area contributed by atoms with E-state index >= 15 is 0 Å². The molecule has 10 heteroatoms. The average Bonchev–Trinajstić information content (AvgIpc) is 3.25. The molecule has 0 N–H and O–H groups in total. The van der Waals surface area contributed by atoms with Gasteiger partial charge in [-0.1, -0.05) is 13.0 Å². The number of carbonyl (C=O) groups is 1. The number of nitrogens with zero attached hydrogens (tertiary/aromatic N) is 5. The Kier molecular flexibility index (Phi) is 4.75. The fourth-order valence-electron chi connectivity index (χ4n) is 4.86. The summed E-state index contributed by atoms with van der Waals surface area (Å²) in [5.74, 6) is -2.24. The second kappa shape index (κ2) is 7.39. The van der Waals surface area contributed by atoms with E-state index in [-0.39, 0.29) is 19.1 Å². The molecule has 3 aromatic rings. The average molecular weight is 443 g/mol. The SMILES string of the molecule is COc1ccc2c(c1)OCC(C(=O)N1CC(F)(F)CC(C)(c3ccnc4ncnn34)C1)C2. The zero-order valence-electron chi connectivity index (χ0n) is 17.8. The van der Waals surface area contributed by atoms with Crippen LogP contribution in [0, 0.1) is 5.92 Å². The van der Waals surface area contributed by atoms with E-state index in [4.69, 9.17) is 9.47 Å². The van der Waals surface area contributed by atoms with E-state index in [2.05, 4.69) is 15.1 Å². The van der Waals surface area contributed by atoms with Crippen molar-refractivity contribution in [1.82, 2.24) is 24.5 Å². The number of amides is 1. The van der Waals surface area contributed by atoms with Crippen molar-refractivity contribution >= 4 is 11.7 Å². The Bertz CT molecular complexity index is 1180. The summed E-state index contributed by atoms with van der Waals surface area (Å²) in [6, 6.07) is 7.09. The minimum atomic E-state index is -3.04. The standard InChI is InChI=1S/C22H23F2N5O3/c1-21(18-5-6-25-20-26-13-27-29(18)20)10-22(23,24)12-28(11-21)19(30)15-7-14-3-4-16(31-2)8-17(14)32-9-15/h3-6,8,13,15H,7,9-12H2,1-2H3. The molecule has 2 unspecified atom stereocenters. The maximum absolute atomic E-state index is 14.9. The van der Waals surface area contributed by atoms with Crippen LogP contribution in [0.25, 0.3) is 5.78 Å². The molecule has 0 spiro atoms. The number of alkyl halides is 2. The largest absolute Gasteiger partial charge is 0.497 e. The van der Waals surface area contributed by atoms with Gasteiger partial charge in [0.05, 0.1) is 25.3 Å². The zero-order valence-corrected chi connectivity index (χ0v) is 17.8. The minimum absolute atomic E-state index is 0.139. The first-order valence-corrected chi connectivity index (χ1v) is 10.4. The Morgan fingerprint density at radius 2 is 2.09 bits per heavy atom. The highest BCUT2D eigenvalue weighted by atomic mass is 19.3. The van der Waals surface area contributed by atoms with Gasteiger partial charge in [-0.2, -0.15) is 10.1 Å². The maximum atomic E-state index is 14.9. The van der Waals surface area contributed by atoms with Crippen molar-refractivity contribution in [2.24, 2.45) is 5.92 Å². The Balaban J connectivity index is 1.42. The molecule has 8 nitrogen and oxygen atoms in total. The van der Waals surface area contributed by atoms with E-state index in [0.717, 1.165) is 5.56 Å². The van der Waals surface area contributed by atoms with Crippen LogP contribution in [0.15, 0.2) is 36.8 Å². The summed E-state index contributed by atoms with van der Waals surface area (Å²) in [4.78, 5) is 22.8. The third-order valence-corrected chi connectivity index (χ3v) is 6.25. The van der Waals surface area contributed by atoms with Crippen LogP contribution in [0.4, 0.5) is 8.78 Å². The van der Waals surface area contributed by atoms with Crippen LogP contribution in [-0.4, -0.2) is 63.1 Å². The van der Waals surface area contributed by atoms with Gasteiger partial charge in [0.1, 0.15) is 24.4 Å². The summed E-state index contributed by atoms with van der Waals surface area (Å²) in [7, 11) is 1.57. The first-order valence-electron chi connectivity index (χ1n) is 10.4. The van der Waals surface area contributed by atoms with E-state index in [9.17, 15) is 13.6 Å². The van der Waals surface area contributed by atoms with Crippen LogP contribution < -0.4 is 9.47 Å². The van der Waals surface area contributed by atoms with E-state index in [1.807, 2.05) is 6.07 Å². The van der Waals surface area contributed by atoms with E-state index < -0.39 is 30.2 Å². The summed E-state index contributed by atoms with van der Waals surface area (Å²) in [5, 5.41) is 4.15. The molecule has 0 bridgehead atoms. The third kappa shape index (κ3) is 3.53. The van der Waals surface area contributed by atoms with Gasteiger partial charge in [0.2, 0.25) is 5.91 Å². The molecule has 5 rings (SSSR count). The lowest BCUT2D eigenvalue weighted by atomic mass is 9.76. The normalized spacial score (nSPS) is 24.6. The van der Waals surface area contributed by atoms with Crippen LogP contribution in [0.1, 0.15) is 24.6 Å². The lowest BCUT2D eigenvalue weighted by Crippen LogP contribution is -2.57. The molecule has 2 aliphatic rings. The van der Waals surface area contributed by atoms with Gasteiger partial charge in [-0.3, -0.25) is 4.79 Å². The number of piperidine rings is 1. The Morgan fingerprint density at radius 1 is 1.25 bits per heavy atom. The number of hydrogen-bond donors (Lipinski definition) is 0. The number of ether oxygens (including phenoxy) is 2. The van der Waals surface area contributed by atoms with Crippen molar-refractivity contribution in [2.45, 2.75) is 31.1 Å². The molecule has 168 valence electrons. The van der Waals surface area contributed by atoms with Gasteiger partial charge in [0.25, 0.3) is 11.7 Å². The zero-order chi connectivity index (χ0) is 22.5. The Morgan fingerprint density at radius 3 is 2.91 bits per heavy atom. The summed E-state index contributed by atoms with van der Waals surface area (Å²) < 4.78 is 42.3. The van der Waals surface area contributed by atoms with Crippen molar-refractivity contribution in [1.29, 1.82) is 0 Å². The smallest absolute Gasteiger partial charge is 0.266 e. The molecular formula is C22H23F2N5O3. The number of aromatic nitrogens is 4. The van der Waals surface area contributed by atoms with Crippen LogP contribution in [0.5, 0.6) is 11.5 Å². The van der Waals surface area contributed by atoms with Gasteiger partial charge in [-0.05, 0) is 24.1 Å². The molecule has 0 aliphatic carbocycles. The second-order valence-corrected chi connectivity index (χ2v) is 8.78. The quantitative estimate of drug-likeness (QED) is 0.619. The lowest BCUT2D eigenvalue weighted by molar-refractivity contribution is -0.152. The Hall–Kier alpha value is -3.30. The van der Waals surface area contributed by atoms with Crippen molar-refractivity contribution in [3.05, 3.63) is 48.0 Å². The van der Waals surface area contributed by atoms with Crippen LogP contribution in [0.3, 0.4) is 0 Å². The van der Waals surface area contributed by atoms with Gasteiger partial charge < -0.3 is 14.4 Å². The topological polar surface area (TPSA) is 81.9 Å². The number of benzene rings is 1. The third-order valence-electron chi connectivity index (χ3n) is 6.25. The Labute approximate surface area is 183 Å². The van der Waals surface area contributed by atoms with Gasteiger partial charge in [-0.15, -0.1) is 0 Å². The predicted molar refractivity (Wildman–Crippen MR) is 110 cm³/mol. The summed E-state index contributed by atoms with van der Waals surface area (Å²) in [6.45, 7) is 1.40. The van der Waals surface area contributed by atoms with Gasteiger partial charge >= 0.3 is 0 Å². The summed E-state index contributed by atoms with van der Waals surface area (Å²) in [6.07, 6.45) is 2.90. The van der Waals surface area contributed by atoms with Crippen LogP contribution in [0.2, 0.25) is 0 Å². The number of likely N-dealkylation sites (tertiary alicyclic amines) is 1. The monoisotopic (exact) mass is 443 g/mol. The molecule has 2 aliphatic heterocycles. The molecule has 1 saturated heterocycles. The molecule has 32 heavy (non-hydrogen) atoms. The predicted octanol–water partition coefficient (Wildman–Crippen LogP) is 2.51. The molecule has 0 saturated carbocycles. The number of halogens is 2. The van der Waals surface area contributed by atoms with E-state index in [0.29, 0.717) is 29.4 Å². The van der Waals surface area contributed by atoms with E-state index in [1.54, 1.807) is 32.2 Å². The maximum Gasteiger partial charge on any atom is 0.266 e. The van der Waals surface area contributed by atoms with Crippen LogP contribution in [-0.2, 0) is 16.6 Å². The number of hydrogen-bond acceptors (Lipinski definition) is 6. The fourth-order valence-corrected chi connectivity index (χ4v) is 4.86. The van der Waals surface area contributed by atoms with Crippen LogP contribution >= 0.6 is 0 Å². The highest BCUT2D eigenvalue weighted by Gasteiger charge is 2.50. The first-order chi connectivity index (χ1) is 15.3. The van der Waals surface area contributed by atoms with E-state index in [1.165, 1.54) is 21.9 Å². The number of methoxy groups -OCH3 is 1. The van der Waals surface area contributed by atoms with Gasteiger partial charge in [0, 0.05) is 30.6 Å². The van der Waals surface area contributed by atoms with Crippen molar-refractivity contribution in [3.8, 4) is 11.5 Å². The molecule has 0 radical (unpaired) electrons. The highest BCUT2D eigenvalue weighted by Crippen LogP contribution is 2.41. The molecule has 1 fully saturated rings. The van der Waals surface area contributed by atoms with Crippen molar-refractivity contribution in [2.75, 3.05) is 26.8 Å². The van der Waals surface area contributed by atoms with Gasteiger partial charge in [-0.25, -0.2) is 18.3 Å². The highest BCUT2D eigenvalue weighted by molar-refractivity contribution is 5.80. The minimum Gasteiger partial charge on any atom is -0.497 e. The summed E-state index contributed by atoms with van der Waals surface area (Å²) >= 11 is 0. The number of fused-ring (bicyclic) bond motifs is 2. The molecule has 1 aromatic carbocycles. The van der Waals surface area contributed by atoms with Crippen molar-refractivity contribution < 1.29 is 23.0 Å². The first kappa shape index (κ1) is 20.6. The fraction of sp³-hybridized carbons (Fsp3) is 0.455. The lowest BCUT2D eigenvalue weighted by Gasteiger charge is -2.45. The molecular weight excluding hydrogens is 420 g/mol. The van der Waals surface area contributed by atoms with Gasteiger partial charge in [0.15, 0.2) is 0 Å². The molecule has 2 aromatic heterocycles. The summed E-state index contributed by atoms with van der Waals surface area (Å²) in [5.41, 5.74) is 0.391. The number of rotatable bonds is 3. The molecule has 1 amide bonds. The molecule has 4 heterocycles. The second-order valence-electron chi connectivity index (χ2n) is 8.78. The van der Waals surface area contributed by atoms with Crippen molar-refractivity contribution in [3.63, 3.8) is 0 Å². The number of carbonyl (C=O) groups excluding carboxylic acids is 1.